The molecule has 1 heterocycles. The van der Waals surface area contributed by atoms with E-state index in [9.17, 15) is 4.79 Å². The van der Waals surface area contributed by atoms with Crippen molar-refractivity contribution in [3.63, 3.8) is 0 Å². The first-order chi connectivity index (χ1) is 7.78. The Bertz CT molecular complexity index is 232. The molecule has 0 atom stereocenters. The molecule has 4 heteroatoms. The summed E-state index contributed by atoms with van der Waals surface area (Å²) in [4.78, 5) is 13.9. The highest BCUT2D eigenvalue weighted by atomic mass is 16.2. The lowest BCUT2D eigenvalue weighted by Crippen LogP contribution is -2.46. The average Bonchev–Trinajstić information content (AvgIpc) is 3.05. The number of amides is 1. The van der Waals surface area contributed by atoms with Gasteiger partial charge in [-0.3, -0.25) is 9.69 Å². The predicted molar refractivity (Wildman–Crippen MR) is 64.3 cm³/mol. The molecule has 1 saturated carbocycles. The first-order valence-electron chi connectivity index (χ1n) is 6.53. The Kier molecular flexibility index (Phi) is 4.18. The molecule has 2 aliphatic rings. The fourth-order valence-corrected chi connectivity index (χ4v) is 2.29. The maximum Gasteiger partial charge on any atom is 0.234 e. The molecular formula is C12H23N3O. The quantitative estimate of drug-likeness (QED) is 0.709. The van der Waals surface area contributed by atoms with Crippen LogP contribution in [0.2, 0.25) is 0 Å². The molecule has 0 aromatic rings. The van der Waals surface area contributed by atoms with E-state index in [0.717, 1.165) is 19.6 Å². The van der Waals surface area contributed by atoms with Gasteiger partial charge in [0.1, 0.15) is 0 Å². The van der Waals surface area contributed by atoms with Crippen molar-refractivity contribution in [1.82, 2.24) is 15.5 Å². The van der Waals surface area contributed by atoms with Crippen LogP contribution in [0.15, 0.2) is 0 Å². The summed E-state index contributed by atoms with van der Waals surface area (Å²) in [5.74, 6) is 0.212. The van der Waals surface area contributed by atoms with Gasteiger partial charge in [0.05, 0.1) is 6.54 Å². The highest BCUT2D eigenvalue weighted by Gasteiger charge is 2.25. The molecule has 1 saturated heterocycles. The maximum absolute atomic E-state index is 11.6. The molecule has 1 amide bonds. The number of likely N-dealkylation sites (tertiary alicyclic amines) is 1. The van der Waals surface area contributed by atoms with Crippen molar-refractivity contribution in [2.75, 3.05) is 26.2 Å². The molecule has 0 bridgehead atoms. The zero-order valence-corrected chi connectivity index (χ0v) is 10.2. The molecule has 2 N–H and O–H groups in total. The van der Waals surface area contributed by atoms with Crippen molar-refractivity contribution in [1.29, 1.82) is 0 Å². The standard InChI is InChI=1S/C12H23N3O/c1-2-13-10-5-7-15(8-6-10)9-12(16)14-11-3-4-11/h10-11,13H,2-9H2,1H3,(H,14,16). The van der Waals surface area contributed by atoms with Crippen molar-refractivity contribution < 1.29 is 4.79 Å². The van der Waals surface area contributed by atoms with E-state index in [4.69, 9.17) is 0 Å². The third-order valence-electron chi connectivity index (χ3n) is 3.39. The highest BCUT2D eigenvalue weighted by Crippen LogP contribution is 2.18. The molecule has 0 aromatic carbocycles. The lowest BCUT2D eigenvalue weighted by molar-refractivity contribution is -0.122. The van der Waals surface area contributed by atoms with Gasteiger partial charge in [-0.05, 0) is 32.2 Å². The van der Waals surface area contributed by atoms with Gasteiger partial charge in [-0.2, -0.15) is 0 Å². The molecule has 16 heavy (non-hydrogen) atoms. The lowest BCUT2D eigenvalue weighted by Gasteiger charge is -2.31. The number of piperidine rings is 1. The molecule has 0 aromatic heterocycles. The van der Waals surface area contributed by atoms with Gasteiger partial charge in [-0.1, -0.05) is 6.92 Å². The van der Waals surface area contributed by atoms with Crippen LogP contribution in [-0.4, -0.2) is 49.1 Å². The maximum atomic E-state index is 11.6. The minimum Gasteiger partial charge on any atom is -0.352 e. The van der Waals surface area contributed by atoms with Gasteiger partial charge in [0.2, 0.25) is 5.91 Å². The van der Waals surface area contributed by atoms with E-state index in [1.807, 2.05) is 0 Å². The van der Waals surface area contributed by atoms with E-state index in [2.05, 4.69) is 22.5 Å². The van der Waals surface area contributed by atoms with Crippen LogP contribution in [0.5, 0.6) is 0 Å². The Labute approximate surface area is 97.8 Å². The second-order valence-corrected chi connectivity index (χ2v) is 4.95. The molecule has 92 valence electrons. The average molecular weight is 225 g/mol. The van der Waals surface area contributed by atoms with Gasteiger partial charge in [0.25, 0.3) is 0 Å². The van der Waals surface area contributed by atoms with Crippen LogP contribution in [0.25, 0.3) is 0 Å². The molecule has 1 aliphatic carbocycles. The minimum atomic E-state index is 0.212. The van der Waals surface area contributed by atoms with Gasteiger partial charge in [-0.25, -0.2) is 0 Å². The van der Waals surface area contributed by atoms with Crippen LogP contribution in [0, 0.1) is 0 Å². The first-order valence-corrected chi connectivity index (χ1v) is 6.53. The van der Waals surface area contributed by atoms with Crippen molar-refractivity contribution in [3.8, 4) is 0 Å². The highest BCUT2D eigenvalue weighted by molar-refractivity contribution is 5.78. The van der Waals surface area contributed by atoms with E-state index in [-0.39, 0.29) is 5.91 Å². The van der Waals surface area contributed by atoms with Crippen LogP contribution in [0.4, 0.5) is 0 Å². The summed E-state index contributed by atoms with van der Waals surface area (Å²) >= 11 is 0. The SMILES string of the molecule is CCNC1CCN(CC(=O)NC2CC2)CC1. The Morgan fingerprint density at radius 2 is 1.88 bits per heavy atom. The van der Waals surface area contributed by atoms with Gasteiger partial charge in [-0.15, -0.1) is 0 Å². The summed E-state index contributed by atoms with van der Waals surface area (Å²) < 4.78 is 0. The molecular weight excluding hydrogens is 202 g/mol. The number of hydrogen-bond acceptors (Lipinski definition) is 3. The van der Waals surface area contributed by atoms with Crippen molar-refractivity contribution >= 4 is 5.91 Å². The molecule has 1 aliphatic heterocycles. The number of nitrogens with one attached hydrogen (secondary N) is 2. The summed E-state index contributed by atoms with van der Waals surface area (Å²) in [5, 5.41) is 6.51. The molecule has 0 unspecified atom stereocenters. The molecule has 4 nitrogen and oxygen atoms in total. The lowest BCUT2D eigenvalue weighted by atomic mass is 10.1. The van der Waals surface area contributed by atoms with Crippen molar-refractivity contribution in [2.24, 2.45) is 0 Å². The normalized spacial score (nSPS) is 23.3. The minimum absolute atomic E-state index is 0.212. The van der Waals surface area contributed by atoms with E-state index in [1.165, 1.54) is 25.7 Å². The Morgan fingerprint density at radius 3 is 2.44 bits per heavy atom. The number of rotatable bonds is 5. The van der Waals surface area contributed by atoms with E-state index < -0.39 is 0 Å². The number of carbonyl (C=O) groups is 1. The second-order valence-electron chi connectivity index (χ2n) is 4.95. The molecule has 2 fully saturated rings. The number of hydrogen-bond donors (Lipinski definition) is 2. The number of nitrogens with zero attached hydrogens (tertiary/aromatic N) is 1. The fraction of sp³-hybridized carbons (Fsp3) is 0.917. The third-order valence-corrected chi connectivity index (χ3v) is 3.39. The number of carbonyl (C=O) groups excluding carboxylic acids is 1. The third kappa shape index (κ3) is 3.76. The summed E-state index contributed by atoms with van der Waals surface area (Å²) in [7, 11) is 0. The Hall–Kier alpha value is -0.610. The van der Waals surface area contributed by atoms with Crippen LogP contribution in [-0.2, 0) is 4.79 Å². The van der Waals surface area contributed by atoms with Gasteiger partial charge in [0.15, 0.2) is 0 Å². The van der Waals surface area contributed by atoms with Crippen molar-refractivity contribution in [2.45, 2.75) is 44.7 Å². The zero-order valence-electron chi connectivity index (χ0n) is 10.2. The molecule has 2 rings (SSSR count). The molecule has 0 spiro atoms. The monoisotopic (exact) mass is 225 g/mol. The van der Waals surface area contributed by atoms with E-state index in [0.29, 0.717) is 18.6 Å². The largest absolute Gasteiger partial charge is 0.352 e. The Morgan fingerprint density at radius 1 is 1.19 bits per heavy atom. The van der Waals surface area contributed by atoms with E-state index >= 15 is 0 Å². The predicted octanol–water partition coefficient (Wildman–Crippen LogP) is 0.339. The summed E-state index contributed by atoms with van der Waals surface area (Å²) in [6.45, 7) is 5.89. The second kappa shape index (κ2) is 5.64. The van der Waals surface area contributed by atoms with Crippen molar-refractivity contribution in [3.05, 3.63) is 0 Å². The van der Waals surface area contributed by atoms with Crippen LogP contribution >= 0.6 is 0 Å². The van der Waals surface area contributed by atoms with E-state index in [1.54, 1.807) is 0 Å². The summed E-state index contributed by atoms with van der Waals surface area (Å²) in [6.07, 6.45) is 4.69. The van der Waals surface area contributed by atoms with Gasteiger partial charge < -0.3 is 10.6 Å². The van der Waals surface area contributed by atoms with Crippen LogP contribution in [0.3, 0.4) is 0 Å². The van der Waals surface area contributed by atoms with Gasteiger partial charge >= 0.3 is 0 Å². The topological polar surface area (TPSA) is 44.4 Å². The van der Waals surface area contributed by atoms with Crippen LogP contribution in [0.1, 0.15) is 32.6 Å². The summed E-state index contributed by atoms with van der Waals surface area (Å²) in [5.41, 5.74) is 0. The summed E-state index contributed by atoms with van der Waals surface area (Å²) in [6, 6.07) is 1.15. The van der Waals surface area contributed by atoms with Gasteiger partial charge in [0, 0.05) is 25.2 Å². The fourth-order valence-electron chi connectivity index (χ4n) is 2.29. The first kappa shape index (κ1) is 11.9. The smallest absolute Gasteiger partial charge is 0.234 e. The Balaban J connectivity index is 1.62. The zero-order chi connectivity index (χ0) is 11.4. The molecule has 0 radical (unpaired) electrons. The van der Waals surface area contributed by atoms with Crippen LogP contribution < -0.4 is 10.6 Å².